The monoisotopic (exact) mass is 223 g/mol. The molecular weight excluding hydrogens is 202 g/mol. The highest BCUT2D eigenvalue weighted by molar-refractivity contribution is 4.93. The summed E-state index contributed by atoms with van der Waals surface area (Å²) in [6, 6.07) is 0.628. The molecule has 5 nitrogen and oxygen atoms in total. The maximum absolute atomic E-state index is 4.21. The minimum absolute atomic E-state index is 0.628. The Kier molecular flexibility index (Phi) is 3.56. The zero-order valence-corrected chi connectivity index (χ0v) is 10.4. The van der Waals surface area contributed by atoms with Gasteiger partial charge in [0, 0.05) is 19.6 Å². The molecule has 5 heteroatoms. The summed E-state index contributed by atoms with van der Waals surface area (Å²) in [7, 11) is 4.07. The SMILES string of the molecule is CNC1CCCN(Cc2nnc(C)n2C)C1. The van der Waals surface area contributed by atoms with Crippen LogP contribution in [0.5, 0.6) is 0 Å². The van der Waals surface area contributed by atoms with Gasteiger partial charge in [0.1, 0.15) is 11.6 Å². The molecule has 1 unspecified atom stereocenters. The predicted molar refractivity (Wildman–Crippen MR) is 63.1 cm³/mol. The molecule has 1 N–H and O–H groups in total. The van der Waals surface area contributed by atoms with Gasteiger partial charge in [-0.2, -0.15) is 0 Å². The normalized spacial score (nSPS) is 22.6. The molecule has 0 saturated carbocycles. The second-order valence-electron chi connectivity index (χ2n) is 4.59. The third-order valence-electron chi connectivity index (χ3n) is 3.46. The lowest BCUT2D eigenvalue weighted by Crippen LogP contribution is -2.44. The molecule has 1 aliphatic heterocycles. The Morgan fingerprint density at radius 2 is 2.25 bits per heavy atom. The fourth-order valence-electron chi connectivity index (χ4n) is 2.22. The minimum atomic E-state index is 0.628. The van der Waals surface area contributed by atoms with Gasteiger partial charge in [-0.15, -0.1) is 10.2 Å². The molecule has 0 aliphatic carbocycles. The second-order valence-corrected chi connectivity index (χ2v) is 4.59. The molecule has 0 spiro atoms. The van der Waals surface area contributed by atoms with Gasteiger partial charge in [0.15, 0.2) is 0 Å². The molecule has 1 aromatic rings. The molecule has 1 atom stereocenters. The highest BCUT2D eigenvalue weighted by Gasteiger charge is 2.19. The number of hydrogen-bond acceptors (Lipinski definition) is 4. The van der Waals surface area contributed by atoms with E-state index in [4.69, 9.17) is 0 Å². The van der Waals surface area contributed by atoms with Crippen molar-refractivity contribution in [1.82, 2.24) is 25.0 Å². The summed E-state index contributed by atoms with van der Waals surface area (Å²) >= 11 is 0. The Bertz CT molecular complexity index is 346. The molecule has 0 bridgehead atoms. The van der Waals surface area contributed by atoms with Crippen molar-refractivity contribution in [3.63, 3.8) is 0 Å². The van der Waals surface area contributed by atoms with Gasteiger partial charge in [0.05, 0.1) is 6.54 Å². The number of hydrogen-bond donors (Lipinski definition) is 1. The first-order valence-corrected chi connectivity index (χ1v) is 5.95. The van der Waals surface area contributed by atoms with E-state index in [9.17, 15) is 0 Å². The number of piperidine rings is 1. The van der Waals surface area contributed by atoms with Gasteiger partial charge in [0.25, 0.3) is 0 Å². The third kappa shape index (κ3) is 2.41. The van der Waals surface area contributed by atoms with Crippen molar-refractivity contribution in [1.29, 1.82) is 0 Å². The molecular formula is C11H21N5. The molecule has 16 heavy (non-hydrogen) atoms. The highest BCUT2D eigenvalue weighted by Crippen LogP contribution is 2.12. The average Bonchev–Trinajstić information content (AvgIpc) is 2.61. The summed E-state index contributed by atoms with van der Waals surface area (Å²) in [5, 5.41) is 11.7. The van der Waals surface area contributed by atoms with Crippen LogP contribution < -0.4 is 5.32 Å². The maximum Gasteiger partial charge on any atom is 0.146 e. The van der Waals surface area contributed by atoms with Crippen LogP contribution in [0.2, 0.25) is 0 Å². The number of likely N-dealkylation sites (tertiary alicyclic amines) is 1. The summed E-state index contributed by atoms with van der Waals surface area (Å²) in [4.78, 5) is 2.45. The Hall–Kier alpha value is -0.940. The molecule has 0 aromatic carbocycles. The van der Waals surface area contributed by atoms with E-state index in [0.717, 1.165) is 24.7 Å². The molecule has 1 aromatic heterocycles. The van der Waals surface area contributed by atoms with E-state index in [1.54, 1.807) is 0 Å². The number of nitrogens with one attached hydrogen (secondary N) is 1. The van der Waals surface area contributed by atoms with Crippen LogP contribution in [0, 0.1) is 6.92 Å². The molecule has 2 heterocycles. The molecule has 0 amide bonds. The van der Waals surface area contributed by atoms with E-state index in [-0.39, 0.29) is 0 Å². The lowest BCUT2D eigenvalue weighted by molar-refractivity contribution is 0.182. The molecule has 1 aliphatic rings. The highest BCUT2D eigenvalue weighted by atomic mass is 15.3. The fourth-order valence-corrected chi connectivity index (χ4v) is 2.22. The summed E-state index contributed by atoms with van der Waals surface area (Å²) in [6.07, 6.45) is 2.55. The van der Waals surface area contributed by atoms with Crippen molar-refractivity contribution in [3.8, 4) is 0 Å². The van der Waals surface area contributed by atoms with Gasteiger partial charge >= 0.3 is 0 Å². The van der Waals surface area contributed by atoms with E-state index in [1.165, 1.54) is 19.4 Å². The minimum Gasteiger partial charge on any atom is -0.317 e. The molecule has 1 fully saturated rings. The summed E-state index contributed by atoms with van der Waals surface area (Å²) < 4.78 is 2.07. The Balaban J connectivity index is 1.96. The second kappa shape index (κ2) is 4.93. The molecule has 90 valence electrons. The Labute approximate surface area is 96.8 Å². The van der Waals surface area contributed by atoms with Crippen LogP contribution in [0.25, 0.3) is 0 Å². The topological polar surface area (TPSA) is 46.0 Å². The quantitative estimate of drug-likeness (QED) is 0.801. The summed E-state index contributed by atoms with van der Waals surface area (Å²) in [5.74, 6) is 2.05. The average molecular weight is 223 g/mol. The zero-order valence-electron chi connectivity index (χ0n) is 10.4. The van der Waals surface area contributed by atoms with Crippen LogP contribution in [0.15, 0.2) is 0 Å². The largest absolute Gasteiger partial charge is 0.317 e. The first-order valence-electron chi connectivity index (χ1n) is 5.95. The first-order chi connectivity index (χ1) is 7.70. The van der Waals surface area contributed by atoms with Crippen LogP contribution >= 0.6 is 0 Å². The Morgan fingerprint density at radius 3 is 2.88 bits per heavy atom. The van der Waals surface area contributed by atoms with Crippen LogP contribution in [-0.4, -0.2) is 45.8 Å². The number of aromatic nitrogens is 3. The first kappa shape index (κ1) is 11.5. The number of rotatable bonds is 3. The standard InChI is InChI=1S/C11H21N5/c1-9-13-14-11(15(9)3)8-16-6-4-5-10(7-16)12-2/h10,12H,4-8H2,1-3H3. The van der Waals surface area contributed by atoms with Gasteiger partial charge in [-0.1, -0.05) is 0 Å². The van der Waals surface area contributed by atoms with Gasteiger partial charge in [-0.05, 0) is 33.4 Å². The number of likely N-dealkylation sites (N-methyl/N-ethyl adjacent to an activating group) is 1. The van der Waals surface area contributed by atoms with Gasteiger partial charge in [-0.3, -0.25) is 4.90 Å². The third-order valence-corrected chi connectivity index (χ3v) is 3.46. The van der Waals surface area contributed by atoms with Crippen LogP contribution in [-0.2, 0) is 13.6 Å². The number of nitrogens with zero attached hydrogens (tertiary/aromatic N) is 4. The van der Waals surface area contributed by atoms with Crippen molar-refractivity contribution < 1.29 is 0 Å². The van der Waals surface area contributed by atoms with Crippen molar-refractivity contribution in [3.05, 3.63) is 11.6 Å². The predicted octanol–water partition coefficient (Wildman–Crippen LogP) is 0.307. The molecule has 1 saturated heterocycles. The smallest absolute Gasteiger partial charge is 0.146 e. The lowest BCUT2D eigenvalue weighted by atomic mass is 10.1. The molecule has 0 radical (unpaired) electrons. The van der Waals surface area contributed by atoms with E-state index in [2.05, 4.69) is 25.0 Å². The van der Waals surface area contributed by atoms with Crippen LogP contribution in [0.1, 0.15) is 24.5 Å². The van der Waals surface area contributed by atoms with Crippen molar-refractivity contribution in [2.24, 2.45) is 7.05 Å². The van der Waals surface area contributed by atoms with Crippen molar-refractivity contribution in [2.45, 2.75) is 32.4 Å². The molecule has 2 rings (SSSR count). The summed E-state index contributed by atoms with van der Waals surface area (Å²) in [5.41, 5.74) is 0. The van der Waals surface area contributed by atoms with Crippen LogP contribution in [0.4, 0.5) is 0 Å². The van der Waals surface area contributed by atoms with Gasteiger partial charge < -0.3 is 9.88 Å². The van der Waals surface area contributed by atoms with Crippen LogP contribution in [0.3, 0.4) is 0 Å². The number of aryl methyl sites for hydroxylation is 1. The fraction of sp³-hybridized carbons (Fsp3) is 0.818. The zero-order chi connectivity index (χ0) is 11.5. The van der Waals surface area contributed by atoms with Crippen molar-refractivity contribution in [2.75, 3.05) is 20.1 Å². The van der Waals surface area contributed by atoms with Gasteiger partial charge in [0.2, 0.25) is 0 Å². The van der Waals surface area contributed by atoms with Gasteiger partial charge in [-0.25, -0.2) is 0 Å². The van der Waals surface area contributed by atoms with E-state index in [1.807, 2.05) is 21.0 Å². The van der Waals surface area contributed by atoms with E-state index in [0.29, 0.717) is 6.04 Å². The van der Waals surface area contributed by atoms with E-state index >= 15 is 0 Å². The van der Waals surface area contributed by atoms with Crippen molar-refractivity contribution >= 4 is 0 Å². The summed E-state index contributed by atoms with van der Waals surface area (Å²) in [6.45, 7) is 5.19. The Morgan fingerprint density at radius 1 is 1.44 bits per heavy atom. The lowest BCUT2D eigenvalue weighted by Gasteiger charge is -2.32. The maximum atomic E-state index is 4.21. The van der Waals surface area contributed by atoms with E-state index < -0.39 is 0 Å².